The van der Waals surface area contributed by atoms with Crippen LogP contribution in [-0.2, 0) is 9.53 Å². The van der Waals surface area contributed by atoms with E-state index in [-0.39, 0.29) is 29.8 Å². The molecule has 4 rings (SSSR count). The molecule has 1 saturated carbocycles. The van der Waals surface area contributed by atoms with Crippen molar-refractivity contribution in [1.29, 1.82) is 0 Å². The molecule has 0 aromatic heterocycles. The predicted octanol–water partition coefficient (Wildman–Crippen LogP) is 2.29. The molecule has 0 aromatic rings. The largest absolute Gasteiger partial charge is 0.466 e. The number of nitrogens with one attached hydrogen (secondary N) is 2. The maximum atomic E-state index is 12.0. The summed E-state index contributed by atoms with van der Waals surface area (Å²) < 4.78 is 5.21. The summed E-state index contributed by atoms with van der Waals surface area (Å²) >= 11 is 0. The summed E-state index contributed by atoms with van der Waals surface area (Å²) in [5, 5.41) is 7.52. The Bertz CT molecular complexity index is 456. The molecule has 0 radical (unpaired) electrons. The molecule has 2 N–H and O–H groups in total. The van der Waals surface area contributed by atoms with Gasteiger partial charge in [0, 0.05) is 11.6 Å². The van der Waals surface area contributed by atoms with Crippen LogP contribution in [0.5, 0.6) is 0 Å². The Morgan fingerprint density at radius 1 is 1.20 bits per heavy atom. The van der Waals surface area contributed by atoms with Gasteiger partial charge in [0.1, 0.15) is 0 Å². The van der Waals surface area contributed by atoms with Crippen molar-refractivity contribution in [3.8, 4) is 0 Å². The zero-order valence-electron chi connectivity index (χ0n) is 15.5. The molecule has 0 aromatic carbocycles. The number of ether oxygens (including phenoxy) is 1. The summed E-state index contributed by atoms with van der Waals surface area (Å²) in [5.74, 6) is 1.03. The number of carbonyl (C=O) groups is 1. The first-order valence-electron chi connectivity index (χ1n) is 10.1. The standard InChI is InChI=1S/C19H33N3O2.ClH/c1-2-24-18(23)15-5-8-19(12-15)13-17(21-19)22-10-6-14(7-11-22)16-4-3-9-20-16;/h14-17,20-21H,2-13H2,1H3;1H/t15?,16-,17?,19?;/m0./s1. The fourth-order valence-electron chi connectivity index (χ4n) is 5.57. The van der Waals surface area contributed by atoms with Gasteiger partial charge in [-0.05, 0) is 83.8 Å². The maximum Gasteiger partial charge on any atom is 0.308 e. The summed E-state index contributed by atoms with van der Waals surface area (Å²) in [6.07, 6.45) is 10.3. The van der Waals surface area contributed by atoms with E-state index in [1.165, 1.54) is 51.7 Å². The summed E-state index contributed by atoms with van der Waals surface area (Å²) in [6.45, 7) is 6.09. The van der Waals surface area contributed by atoms with Gasteiger partial charge in [-0.15, -0.1) is 12.4 Å². The van der Waals surface area contributed by atoms with Crippen LogP contribution in [-0.4, -0.2) is 54.9 Å². The third-order valence-electron chi connectivity index (χ3n) is 6.97. The number of piperidine rings is 1. The minimum atomic E-state index is 0. The molecule has 4 aliphatic rings. The molecule has 1 aliphatic carbocycles. The lowest BCUT2D eigenvalue weighted by molar-refractivity contribution is -0.148. The fraction of sp³-hybridized carbons (Fsp3) is 0.947. The molecule has 3 heterocycles. The van der Waals surface area contributed by atoms with Gasteiger partial charge in [-0.25, -0.2) is 0 Å². The molecule has 0 amide bonds. The first-order chi connectivity index (χ1) is 11.7. The number of halogens is 1. The van der Waals surface area contributed by atoms with Gasteiger partial charge >= 0.3 is 5.97 Å². The monoisotopic (exact) mass is 371 g/mol. The van der Waals surface area contributed by atoms with Crippen LogP contribution in [0.4, 0.5) is 0 Å². The van der Waals surface area contributed by atoms with Crippen molar-refractivity contribution in [1.82, 2.24) is 15.5 Å². The highest BCUT2D eigenvalue weighted by Gasteiger charge is 2.52. The van der Waals surface area contributed by atoms with E-state index < -0.39 is 0 Å². The highest BCUT2D eigenvalue weighted by atomic mass is 35.5. The van der Waals surface area contributed by atoms with E-state index in [4.69, 9.17) is 4.74 Å². The minimum absolute atomic E-state index is 0. The van der Waals surface area contributed by atoms with E-state index in [0.717, 1.165) is 31.2 Å². The van der Waals surface area contributed by atoms with Crippen molar-refractivity contribution in [3.05, 3.63) is 0 Å². The van der Waals surface area contributed by atoms with E-state index in [1.807, 2.05) is 6.92 Å². The van der Waals surface area contributed by atoms with E-state index in [0.29, 0.717) is 12.8 Å². The molecule has 4 atom stereocenters. The third-order valence-corrected chi connectivity index (χ3v) is 6.97. The normalized spacial score (nSPS) is 39.2. The second kappa shape index (κ2) is 8.12. The lowest BCUT2D eigenvalue weighted by atomic mass is 9.80. The molecular formula is C19H34ClN3O2. The zero-order chi connectivity index (χ0) is 16.6. The molecule has 1 spiro atoms. The number of rotatable bonds is 4. The number of esters is 1. The van der Waals surface area contributed by atoms with Crippen molar-refractivity contribution in [2.75, 3.05) is 26.2 Å². The maximum absolute atomic E-state index is 12.0. The summed E-state index contributed by atoms with van der Waals surface area (Å²) in [4.78, 5) is 14.6. The van der Waals surface area contributed by atoms with Gasteiger partial charge in [0.05, 0.1) is 18.7 Å². The zero-order valence-corrected chi connectivity index (χ0v) is 16.3. The van der Waals surface area contributed by atoms with E-state index >= 15 is 0 Å². The fourth-order valence-corrected chi connectivity index (χ4v) is 5.57. The van der Waals surface area contributed by atoms with Crippen LogP contribution in [0.15, 0.2) is 0 Å². The van der Waals surface area contributed by atoms with Gasteiger partial charge in [-0.1, -0.05) is 0 Å². The summed E-state index contributed by atoms with van der Waals surface area (Å²) in [5.41, 5.74) is 0.228. The Kier molecular flexibility index (Phi) is 6.30. The predicted molar refractivity (Wildman–Crippen MR) is 101 cm³/mol. The molecule has 6 heteroatoms. The smallest absolute Gasteiger partial charge is 0.308 e. The lowest BCUT2D eigenvalue weighted by Crippen LogP contribution is -2.69. The Hall–Kier alpha value is -0.360. The van der Waals surface area contributed by atoms with Gasteiger partial charge in [-0.2, -0.15) is 0 Å². The molecule has 3 saturated heterocycles. The highest BCUT2D eigenvalue weighted by molar-refractivity contribution is 5.85. The van der Waals surface area contributed by atoms with Gasteiger partial charge in [0.15, 0.2) is 0 Å². The Balaban J connectivity index is 0.00000182. The number of nitrogens with zero attached hydrogens (tertiary/aromatic N) is 1. The lowest BCUT2D eigenvalue weighted by Gasteiger charge is -2.53. The van der Waals surface area contributed by atoms with Crippen LogP contribution in [0.3, 0.4) is 0 Å². The van der Waals surface area contributed by atoms with Gasteiger partial charge < -0.3 is 10.1 Å². The molecule has 25 heavy (non-hydrogen) atoms. The number of carbonyl (C=O) groups excluding carboxylic acids is 1. The number of hydrogen-bond donors (Lipinski definition) is 2. The van der Waals surface area contributed by atoms with Crippen LogP contribution < -0.4 is 10.6 Å². The molecule has 144 valence electrons. The minimum Gasteiger partial charge on any atom is -0.466 e. The van der Waals surface area contributed by atoms with E-state index in [9.17, 15) is 4.79 Å². The molecule has 4 fully saturated rings. The first kappa shape index (κ1) is 19.4. The Morgan fingerprint density at radius 3 is 2.60 bits per heavy atom. The van der Waals surface area contributed by atoms with Gasteiger partial charge in [-0.3, -0.25) is 15.0 Å². The third kappa shape index (κ3) is 4.00. The molecule has 5 nitrogen and oxygen atoms in total. The van der Waals surface area contributed by atoms with Crippen LogP contribution in [0.25, 0.3) is 0 Å². The van der Waals surface area contributed by atoms with Crippen LogP contribution in [0, 0.1) is 11.8 Å². The first-order valence-corrected chi connectivity index (χ1v) is 10.1. The van der Waals surface area contributed by atoms with Gasteiger partial charge in [0.25, 0.3) is 0 Å². The van der Waals surface area contributed by atoms with Crippen molar-refractivity contribution >= 4 is 18.4 Å². The second-order valence-electron chi connectivity index (χ2n) is 8.41. The van der Waals surface area contributed by atoms with Crippen molar-refractivity contribution in [2.24, 2.45) is 11.8 Å². The van der Waals surface area contributed by atoms with Crippen molar-refractivity contribution in [2.45, 2.75) is 76.0 Å². The van der Waals surface area contributed by atoms with Crippen LogP contribution in [0.2, 0.25) is 0 Å². The Labute approximate surface area is 158 Å². The SMILES string of the molecule is CCOC(=O)C1CCC2(C1)CC(N1CCC([C@@H]3CCCN3)CC1)N2.Cl. The van der Waals surface area contributed by atoms with E-state index in [2.05, 4.69) is 15.5 Å². The Morgan fingerprint density at radius 2 is 1.96 bits per heavy atom. The number of likely N-dealkylation sites (tertiary alicyclic amines) is 1. The molecule has 0 bridgehead atoms. The second-order valence-corrected chi connectivity index (χ2v) is 8.41. The van der Waals surface area contributed by atoms with Crippen molar-refractivity contribution in [3.63, 3.8) is 0 Å². The molecule has 3 aliphatic heterocycles. The summed E-state index contributed by atoms with van der Waals surface area (Å²) in [6, 6.07) is 0.785. The molecule has 3 unspecified atom stereocenters. The van der Waals surface area contributed by atoms with Crippen LogP contribution in [0.1, 0.15) is 58.3 Å². The highest BCUT2D eigenvalue weighted by Crippen LogP contribution is 2.45. The molecular weight excluding hydrogens is 338 g/mol. The van der Waals surface area contributed by atoms with E-state index in [1.54, 1.807) is 0 Å². The average Bonchev–Trinajstić information content (AvgIpc) is 3.24. The number of hydrogen-bond acceptors (Lipinski definition) is 5. The van der Waals surface area contributed by atoms with Crippen molar-refractivity contribution < 1.29 is 9.53 Å². The quantitative estimate of drug-likeness (QED) is 0.742. The summed E-state index contributed by atoms with van der Waals surface area (Å²) in [7, 11) is 0. The average molecular weight is 372 g/mol. The van der Waals surface area contributed by atoms with Gasteiger partial charge in [0.2, 0.25) is 0 Å². The van der Waals surface area contributed by atoms with Crippen LogP contribution >= 0.6 is 12.4 Å². The topological polar surface area (TPSA) is 53.6 Å².